The Labute approximate surface area is 176 Å². The van der Waals surface area contributed by atoms with E-state index < -0.39 is 11.8 Å². The molecule has 6 heteroatoms. The Morgan fingerprint density at radius 3 is 2.30 bits per heavy atom. The summed E-state index contributed by atoms with van der Waals surface area (Å²) < 4.78 is 11.1. The van der Waals surface area contributed by atoms with Crippen LogP contribution in [0.25, 0.3) is 10.8 Å². The number of amides is 2. The van der Waals surface area contributed by atoms with Gasteiger partial charge >= 0.3 is 0 Å². The molecular weight excluding hydrogens is 380 g/mol. The van der Waals surface area contributed by atoms with Crippen molar-refractivity contribution < 1.29 is 19.1 Å². The molecule has 0 bridgehead atoms. The molecular formula is C24H26N2O4. The highest BCUT2D eigenvalue weighted by molar-refractivity contribution is 5.95. The summed E-state index contributed by atoms with van der Waals surface area (Å²) in [5.41, 5.74) is 5.16. The summed E-state index contributed by atoms with van der Waals surface area (Å²) in [4.78, 5) is 24.1. The second-order valence-electron chi connectivity index (χ2n) is 6.88. The summed E-state index contributed by atoms with van der Waals surface area (Å²) in [5, 5.41) is 2.13. The van der Waals surface area contributed by atoms with E-state index in [1.807, 2.05) is 36.4 Å². The third-order valence-electron chi connectivity index (χ3n) is 4.54. The van der Waals surface area contributed by atoms with Crippen LogP contribution in [0.5, 0.6) is 11.5 Å². The largest absolute Gasteiger partial charge is 0.494 e. The molecule has 0 aliphatic heterocycles. The minimum atomic E-state index is -0.451. The highest BCUT2D eigenvalue weighted by Crippen LogP contribution is 2.20. The molecule has 0 fully saturated rings. The molecule has 0 heterocycles. The second-order valence-corrected chi connectivity index (χ2v) is 6.88. The van der Waals surface area contributed by atoms with Crippen LogP contribution in [-0.4, -0.2) is 25.0 Å². The maximum Gasteiger partial charge on any atom is 0.276 e. The molecule has 3 rings (SSSR count). The van der Waals surface area contributed by atoms with E-state index in [0.717, 1.165) is 35.8 Å². The van der Waals surface area contributed by atoms with E-state index in [1.165, 1.54) is 0 Å². The van der Waals surface area contributed by atoms with Gasteiger partial charge in [0.2, 0.25) is 0 Å². The number of benzene rings is 3. The monoisotopic (exact) mass is 406 g/mol. The first-order valence-corrected chi connectivity index (χ1v) is 10.1. The summed E-state index contributed by atoms with van der Waals surface area (Å²) in [7, 11) is 0. The molecule has 156 valence electrons. The lowest BCUT2D eigenvalue weighted by molar-refractivity contribution is -0.123. The summed E-state index contributed by atoms with van der Waals surface area (Å²) >= 11 is 0. The first kappa shape index (κ1) is 21.2. The molecule has 30 heavy (non-hydrogen) atoms. The van der Waals surface area contributed by atoms with Gasteiger partial charge in [0.1, 0.15) is 11.5 Å². The van der Waals surface area contributed by atoms with E-state index in [1.54, 1.807) is 30.3 Å². The van der Waals surface area contributed by atoms with E-state index in [0.29, 0.717) is 17.9 Å². The Balaban J connectivity index is 1.41. The zero-order valence-corrected chi connectivity index (χ0v) is 17.0. The van der Waals surface area contributed by atoms with E-state index in [-0.39, 0.29) is 6.61 Å². The van der Waals surface area contributed by atoms with Gasteiger partial charge in [-0.2, -0.15) is 0 Å². The standard InChI is InChI=1S/C24H26N2O4/c1-2-3-6-15-29-21-12-10-19(11-13-21)24(28)26-25-23(27)17-30-22-14-9-18-7-4-5-8-20(18)16-22/h4-5,7-14,16H,2-3,6,15,17H2,1H3,(H,25,27)(H,26,28). The number of fused-ring (bicyclic) bond motifs is 1. The predicted molar refractivity (Wildman–Crippen MR) is 117 cm³/mol. The number of rotatable bonds is 9. The Morgan fingerprint density at radius 2 is 1.53 bits per heavy atom. The van der Waals surface area contributed by atoms with Crippen molar-refractivity contribution in [3.8, 4) is 11.5 Å². The maximum absolute atomic E-state index is 12.2. The van der Waals surface area contributed by atoms with Gasteiger partial charge in [0, 0.05) is 5.56 Å². The topological polar surface area (TPSA) is 76.7 Å². The molecule has 0 aliphatic rings. The summed E-state index contributed by atoms with van der Waals surface area (Å²) in [5.74, 6) is 0.444. The Morgan fingerprint density at radius 1 is 0.800 bits per heavy atom. The van der Waals surface area contributed by atoms with E-state index >= 15 is 0 Å². The molecule has 0 atom stereocenters. The van der Waals surface area contributed by atoms with Crippen LogP contribution in [0.4, 0.5) is 0 Å². The number of ether oxygens (including phenoxy) is 2. The fraction of sp³-hybridized carbons (Fsp3) is 0.250. The van der Waals surface area contributed by atoms with Gasteiger partial charge < -0.3 is 9.47 Å². The lowest BCUT2D eigenvalue weighted by Crippen LogP contribution is -2.43. The lowest BCUT2D eigenvalue weighted by atomic mass is 10.1. The minimum Gasteiger partial charge on any atom is -0.494 e. The van der Waals surface area contributed by atoms with Crippen LogP contribution in [0, 0.1) is 0 Å². The third-order valence-corrected chi connectivity index (χ3v) is 4.54. The SMILES string of the molecule is CCCCCOc1ccc(C(=O)NNC(=O)COc2ccc3ccccc3c2)cc1. The van der Waals surface area contributed by atoms with E-state index in [2.05, 4.69) is 17.8 Å². The number of carbonyl (C=O) groups is 2. The van der Waals surface area contributed by atoms with Gasteiger partial charge in [-0.05, 0) is 53.6 Å². The van der Waals surface area contributed by atoms with Gasteiger partial charge in [-0.1, -0.05) is 50.1 Å². The quantitative estimate of drug-likeness (QED) is 0.411. The molecule has 0 saturated heterocycles. The average Bonchev–Trinajstić information content (AvgIpc) is 2.79. The van der Waals surface area contributed by atoms with Crippen molar-refractivity contribution in [2.75, 3.05) is 13.2 Å². The number of carbonyl (C=O) groups excluding carboxylic acids is 2. The van der Waals surface area contributed by atoms with Crippen LogP contribution in [0.2, 0.25) is 0 Å². The van der Waals surface area contributed by atoms with Gasteiger partial charge in [-0.3, -0.25) is 20.4 Å². The van der Waals surface area contributed by atoms with Gasteiger partial charge in [-0.25, -0.2) is 0 Å². The summed E-state index contributed by atoms with van der Waals surface area (Å²) in [6.07, 6.45) is 3.28. The van der Waals surface area contributed by atoms with Crippen molar-refractivity contribution in [3.63, 3.8) is 0 Å². The van der Waals surface area contributed by atoms with Crippen molar-refractivity contribution in [2.45, 2.75) is 26.2 Å². The highest BCUT2D eigenvalue weighted by atomic mass is 16.5. The smallest absolute Gasteiger partial charge is 0.276 e. The molecule has 3 aromatic rings. The van der Waals surface area contributed by atoms with Crippen LogP contribution in [-0.2, 0) is 4.79 Å². The van der Waals surface area contributed by atoms with Crippen LogP contribution in [0.1, 0.15) is 36.5 Å². The van der Waals surface area contributed by atoms with Gasteiger partial charge in [0.25, 0.3) is 11.8 Å². The third kappa shape index (κ3) is 6.24. The fourth-order valence-electron chi connectivity index (χ4n) is 2.89. The minimum absolute atomic E-state index is 0.205. The first-order chi connectivity index (χ1) is 14.7. The van der Waals surface area contributed by atoms with Crippen LogP contribution in [0.15, 0.2) is 66.7 Å². The number of hydrogen-bond acceptors (Lipinski definition) is 4. The molecule has 3 aromatic carbocycles. The summed E-state index contributed by atoms with van der Waals surface area (Å²) in [6, 6.07) is 20.3. The van der Waals surface area contributed by atoms with Gasteiger partial charge in [0.05, 0.1) is 6.61 Å². The van der Waals surface area contributed by atoms with Crippen LogP contribution in [0.3, 0.4) is 0 Å². The molecule has 0 spiro atoms. The highest BCUT2D eigenvalue weighted by Gasteiger charge is 2.08. The average molecular weight is 406 g/mol. The van der Waals surface area contributed by atoms with Crippen LogP contribution >= 0.6 is 0 Å². The van der Waals surface area contributed by atoms with Crippen molar-refractivity contribution in [3.05, 3.63) is 72.3 Å². The lowest BCUT2D eigenvalue weighted by Gasteiger charge is -2.10. The van der Waals surface area contributed by atoms with Crippen molar-refractivity contribution in [2.24, 2.45) is 0 Å². The number of nitrogens with one attached hydrogen (secondary N) is 2. The summed E-state index contributed by atoms with van der Waals surface area (Å²) in [6.45, 7) is 2.59. The Bertz CT molecular complexity index is 986. The van der Waals surface area contributed by atoms with E-state index in [4.69, 9.17) is 9.47 Å². The maximum atomic E-state index is 12.2. The predicted octanol–water partition coefficient (Wildman–Crippen LogP) is 4.25. The Hall–Kier alpha value is -3.54. The first-order valence-electron chi connectivity index (χ1n) is 10.1. The molecule has 0 aliphatic carbocycles. The number of hydrogen-bond donors (Lipinski definition) is 2. The molecule has 6 nitrogen and oxygen atoms in total. The zero-order valence-electron chi connectivity index (χ0n) is 17.0. The Kier molecular flexibility index (Phi) is 7.66. The molecule has 2 N–H and O–H groups in total. The molecule has 0 radical (unpaired) electrons. The fourth-order valence-corrected chi connectivity index (χ4v) is 2.89. The van der Waals surface area contributed by atoms with E-state index in [9.17, 15) is 9.59 Å². The van der Waals surface area contributed by atoms with Crippen LogP contribution < -0.4 is 20.3 Å². The molecule has 0 aromatic heterocycles. The van der Waals surface area contributed by atoms with Crippen molar-refractivity contribution in [1.82, 2.24) is 10.9 Å². The molecule has 0 unspecified atom stereocenters. The van der Waals surface area contributed by atoms with Gasteiger partial charge in [-0.15, -0.1) is 0 Å². The molecule has 2 amide bonds. The molecule has 0 saturated carbocycles. The second kappa shape index (κ2) is 10.9. The number of hydrazine groups is 1. The zero-order chi connectivity index (χ0) is 21.2. The number of unbranched alkanes of at least 4 members (excludes halogenated alkanes) is 2. The normalized spacial score (nSPS) is 10.4. The van der Waals surface area contributed by atoms with Crippen molar-refractivity contribution in [1.29, 1.82) is 0 Å². The van der Waals surface area contributed by atoms with Crippen molar-refractivity contribution >= 4 is 22.6 Å². The van der Waals surface area contributed by atoms with Gasteiger partial charge in [0.15, 0.2) is 6.61 Å².